The number of nitrogens with one attached hydrogen (secondary N) is 1. The number of amides is 1. The number of benzene rings is 2. The summed E-state index contributed by atoms with van der Waals surface area (Å²) in [5.41, 5.74) is 3.22. The van der Waals surface area contributed by atoms with Gasteiger partial charge in [-0.2, -0.15) is 5.10 Å². The fraction of sp³-hybridized carbons (Fsp3) is 0.238. The number of rotatable bonds is 8. The molecule has 0 radical (unpaired) electrons. The number of fused-ring (bicyclic) bond motifs is 1. The number of hydrogen-bond acceptors (Lipinski definition) is 6. The van der Waals surface area contributed by atoms with Crippen LogP contribution in [0.4, 0.5) is 0 Å². The van der Waals surface area contributed by atoms with Crippen LogP contribution in [0.5, 0.6) is 23.0 Å². The molecule has 7 nitrogen and oxygen atoms in total. The van der Waals surface area contributed by atoms with Crippen LogP contribution in [0.25, 0.3) is 0 Å². The van der Waals surface area contributed by atoms with E-state index in [2.05, 4.69) is 17.1 Å². The maximum atomic E-state index is 12.3. The fourth-order valence-electron chi connectivity index (χ4n) is 2.53. The molecule has 1 heterocycles. The van der Waals surface area contributed by atoms with Gasteiger partial charge in [-0.05, 0) is 42.8 Å². The van der Waals surface area contributed by atoms with Crippen molar-refractivity contribution >= 4 is 12.1 Å². The molecule has 2 aromatic carbocycles. The fourth-order valence-corrected chi connectivity index (χ4v) is 2.53. The molecule has 0 fully saturated rings. The first-order chi connectivity index (χ1) is 13.7. The number of hydrazone groups is 1. The summed E-state index contributed by atoms with van der Waals surface area (Å²) in [6.07, 6.45) is 2.42. The minimum atomic E-state index is -0.763. The summed E-state index contributed by atoms with van der Waals surface area (Å²) in [7, 11) is 0. The van der Waals surface area contributed by atoms with Crippen molar-refractivity contribution in [2.24, 2.45) is 5.10 Å². The average Bonchev–Trinajstić information content (AvgIpc) is 2.73. The molecule has 1 amide bonds. The molecule has 7 heteroatoms. The molecule has 2 aromatic rings. The second-order valence-electron chi connectivity index (χ2n) is 5.84. The molecular formula is C21H22N2O5. The molecule has 0 aromatic heterocycles. The number of ether oxygens (including phenoxy) is 4. The minimum absolute atomic E-state index is 0.127. The van der Waals surface area contributed by atoms with Crippen LogP contribution in [0.1, 0.15) is 12.5 Å². The van der Waals surface area contributed by atoms with E-state index in [0.29, 0.717) is 36.2 Å². The largest absolute Gasteiger partial charge is 0.490 e. The SMILES string of the molecule is C=CCOc1ccc(/C=N/NC(=O)C2COc3ccccc3O2)cc1OCC. The molecule has 1 N–H and O–H groups in total. The van der Waals surface area contributed by atoms with Gasteiger partial charge in [0.1, 0.15) is 13.2 Å². The molecule has 28 heavy (non-hydrogen) atoms. The summed E-state index contributed by atoms with van der Waals surface area (Å²) in [5.74, 6) is 1.99. The van der Waals surface area contributed by atoms with Crippen LogP contribution in [-0.2, 0) is 4.79 Å². The van der Waals surface area contributed by atoms with Gasteiger partial charge in [-0.15, -0.1) is 0 Å². The van der Waals surface area contributed by atoms with Gasteiger partial charge >= 0.3 is 0 Å². The van der Waals surface area contributed by atoms with E-state index in [1.807, 2.05) is 25.1 Å². The van der Waals surface area contributed by atoms with Crippen molar-refractivity contribution in [2.45, 2.75) is 13.0 Å². The van der Waals surface area contributed by atoms with Crippen LogP contribution < -0.4 is 24.4 Å². The van der Waals surface area contributed by atoms with Gasteiger partial charge in [-0.1, -0.05) is 24.8 Å². The molecule has 1 aliphatic heterocycles. The molecule has 1 aliphatic rings. The van der Waals surface area contributed by atoms with Crippen molar-refractivity contribution in [3.05, 3.63) is 60.7 Å². The third-order valence-electron chi connectivity index (χ3n) is 3.81. The molecule has 0 bridgehead atoms. The van der Waals surface area contributed by atoms with Gasteiger partial charge < -0.3 is 18.9 Å². The molecular weight excluding hydrogens is 360 g/mol. The van der Waals surface area contributed by atoms with E-state index in [1.165, 1.54) is 6.21 Å². The Balaban J connectivity index is 1.60. The van der Waals surface area contributed by atoms with Crippen LogP contribution in [0.2, 0.25) is 0 Å². The highest BCUT2D eigenvalue weighted by atomic mass is 16.6. The van der Waals surface area contributed by atoms with E-state index in [9.17, 15) is 4.79 Å². The van der Waals surface area contributed by atoms with Crippen molar-refractivity contribution < 1.29 is 23.7 Å². The van der Waals surface area contributed by atoms with Crippen LogP contribution in [0.15, 0.2) is 60.2 Å². The molecule has 1 atom stereocenters. The Kier molecular flexibility index (Phi) is 6.51. The zero-order valence-corrected chi connectivity index (χ0v) is 15.6. The topological polar surface area (TPSA) is 78.4 Å². The molecule has 0 saturated carbocycles. The van der Waals surface area contributed by atoms with Gasteiger partial charge in [-0.25, -0.2) is 5.43 Å². The quantitative estimate of drug-likeness (QED) is 0.431. The molecule has 1 unspecified atom stereocenters. The lowest BCUT2D eigenvalue weighted by molar-refractivity contribution is -0.130. The third kappa shape index (κ3) is 4.82. The van der Waals surface area contributed by atoms with Gasteiger partial charge in [0, 0.05) is 0 Å². The normalized spacial score (nSPS) is 15.1. The summed E-state index contributed by atoms with van der Waals surface area (Å²) in [6, 6.07) is 12.6. The van der Waals surface area contributed by atoms with Gasteiger partial charge in [0.2, 0.25) is 6.10 Å². The lowest BCUT2D eigenvalue weighted by Gasteiger charge is -2.24. The van der Waals surface area contributed by atoms with E-state index in [1.54, 1.807) is 30.3 Å². The first kappa shape index (κ1) is 19.3. The van der Waals surface area contributed by atoms with E-state index in [0.717, 1.165) is 5.56 Å². The van der Waals surface area contributed by atoms with Crippen LogP contribution in [0.3, 0.4) is 0 Å². The lowest BCUT2D eigenvalue weighted by Crippen LogP contribution is -2.42. The second-order valence-corrected chi connectivity index (χ2v) is 5.84. The third-order valence-corrected chi connectivity index (χ3v) is 3.81. The standard InChI is InChI=1S/C21H22N2O5/c1-3-11-26-17-10-9-15(12-19(17)25-4-2)13-22-23-21(24)20-14-27-16-7-5-6-8-18(16)28-20/h3,5-10,12-13,20H,1,4,11,14H2,2H3,(H,23,24)/b22-13+. The highest BCUT2D eigenvalue weighted by Gasteiger charge is 2.26. The first-order valence-electron chi connectivity index (χ1n) is 8.93. The van der Waals surface area contributed by atoms with Crippen LogP contribution >= 0.6 is 0 Å². The highest BCUT2D eigenvalue weighted by Crippen LogP contribution is 2.31. The maximum absolute atomic E-state index is 12.3. The molecule has 0 aliphatic carbocycles. The zero-order valence-electron chi connectivity index (χ0n) is 15.6. The van der Waals surface area contributed by atoms with Crippen molar-refractivity contribution in [3.63, 3.8) is 0 Å². The lowest BCUT2D eigenvalue weighted by atomic mass is 10.2. The highest BCUT2D eigenvalue weighted by molar-refractivity contribution is 5.85. The minimum Gasteiger partial charge on any atom is -0.490 e. The summed E-state index contributed by atoms with van der Waals surface area (Å²) in [6.45, 7) is 6.54. The van der Waals surface area contributed by atoms with Crippen molar-refractivity contribution in [2.75, 3.05) is 19.8 Å². The number of nitrogens with zero attached hydrogens (tertiary/aromatic N) is 1. The maximum Gasteiger partial charge on any atom is 0.284 e. The molecule has 0 spiro atoms. The predicted octanol–water partition coefficient (Wildman–Crippen LogP) is 2.94. The monoisotopic (exact) mass is 382 g/mol. The van der Waals surface area contributed by atoms with Gasteiger partial charge in [0.15, 0.2) is 23.0 Å². The number of carbonyl (C=O) groups is 1. The molecule has 146 valence electrons. The van der Waals surface area contributed by atoms with E-state index in [4.69, 9.17) is 18.9 Å². The Labute approximate surface area is 163 Å². The molecule has 0 saturated heterocycles. The Hall–Kier alpha value is -3.48. The van der Waals surface area contributed by atoms with Crippen molar-refractivity contribution in [1.29, 1.82) is 0 Å². The first-order valence-corrected chi connectivity index (χ1v) is 8.93. The average molecular weight is 382 g/mol. The Morgan fingerprint density at radius 3 is 2.86 bits per heavy atom. The zero-order chi connectivity index (χ0) is 19.8. The van der Waals surface area contributed by atoms with Gasteiger partial charge in [-0.3, -0.25) is 4.79 Å². The summed E-state index contributed by atoms with van der Waals surface area (Å²) in [5, 5.41) is 3.99. The second kappa shape index (κ2) is 9.45. The summed E-state index contributed by atoms with van der Waals surface area (Å²) in [4.78, 5) is 12.3. The Morgan fingerprint density at radius 2 is 2.07 bits per heavy atom. The number of hydrogen-bond donors (Lipinski definition) is 1. The number of para-hydroxylation sites is 2. The van der Waals surface area contributed by atoms with Gasteiger partial charge in [0.25, 0.3) is 5.91 Å². The van der Waals surface area contributed by atoms with E-state index < -0.39 is 6.10 Å². The molecule has 3 rings (SSSR count). The van der Waals surface area contributed by atoms with Crippen molar-refractivity contribution in [1.82, 2.24) is 5.43 Å². The van der Waals surface area contributed by atoms with E-state index in [-0.39, 0.29) is 12.5 Å². The predicted molar refractivity (Wildman–Crippen MR) is 105 cm³/mol. The van der Waals surface area contributed by atoms with Crippen molar-refractivity contribution in [3.8, 4) is 23.0 Å². The summed E-state index contributed by atoms with van der Waals surface area (Å²) >= 11 is 0. The van der Waals surface area contributed by atoms with E-state index >= 15 is 0 Å². The Bertz CT molecular complexity index is 866. The van der Waals surface area contributed by atoms with Crippen LogP contribution in [0, 0.1) is 0 Å². The van der Waals surface area contributed by atoms with Crippen LogP contribution in [-0.4, -0.2) is 38.0 Å². The Morgan fingerprint density at radius 1 is 1.25 bits per heavy atom. The number of carbonyl (C=O) groups excluding carboxylic acids is 1. The van der Waals surface area contributed by atoms with Gasteiger partial charge in [0.05, 0.1) is 12.8 Å². The smallest absolute Gasteiger partial charge is 0.284 e. The summed E-state index contributed by atoms with van der Waals surface area (Å²) < 4.78 is 22.3.